The molecule has 4 nitrogen and oxygen atoms in total. The average molecular weight is 208 g/mol. The van der Waals surface area contributed by atoms with Crippen LogP contribution < -0.4 is 11.1 Å². The van der Waals surface area contributed by atoms with E-state index in [9.17, 15) is 5.11 Å². The van der Waals surface area contributed by atoms with Crippen molar-refractivity contribution in [3.8, 4) is 0 Å². The van der Waals surface area contributed by atoms with Crippen LogP contribution in [-0.2, 0) is 0 Å². The zero-order valence-corrected chi connectivity index (χ0v) is 8.43. The van der Waals surface area contributed by atoms with Gasteiger partial charge in [0.1, 0.15) is 0 Å². The molecular formula is C11H16N2O2. The zero-order valence-electron chi connectivity index (χ0n) is 8.43. The van der Waals surface area contributed by atoms with Crippen molar-refractivity contribution in [2.45, 2.75) is 12.1 Å². The molecular weight excluding hydrogens is 192 g/mol. The summed E-state index contributed by atoms with van der Waals surface area (Å²) in [7, 11) is 0. The number of rotatable bonds is 3. The minimum Gasteiger partial charge on any atom is -0.390 e. The lowest BCUT2D eigenvalue weighted by molar-refractivity contribution is 0.207. The van der Waals surface area contributed by atoms with Gasteiger partial charge in [-0.25, -0.2) is 0 Å². The molecule has 0 fully saturated rings. The van der Waals surface area contributed by atoms with Crippen molar-refractivity contribution < 1.29 is 10.2 Å². The van der Waals surface area contributed by atoms with Crippen LogP contribution in [0.4, 0.5) is 0 Å². The first kappa shape index (κ1) is 10.4. The second-order valence-corrected chi connectivity index (χ2v) is 3.85. The number of hydrogen-bond donors (Lipinski definition) is 4. The zero-order chi connectivity index (χ0) is 10.8. The Morgan fingerprint density at radius 3 is 3.00 bits per heavy atom. The van der Waals surface area contributed by atoms with Crippen molar-refractivity contribution in [2.24, 2.45) is 11.7 Å². The largest absolute Gasteiger partial charge is 0.390 e. The van der Waals surface area contributed by atoms with Crippen molar-refractivity contribution in [3.63, 3.8) is 0 Å². The summed E-state index contributed by atoms with van der Waals surface area (Å²) in [5.74, 6) is 0.121. The molecule has 0 amide bonds. The molecule has 4 heteroatoms. The monoisotopic (exact) mass is 208 g/mol. The van der Waals surface area contributed by atoms with Crippen LogP contribution in [0, 0.1) is 5.92 Å². The quantitative estimate of drug-likeness (QED) is 0.493. The van der Waals surface area contributed by atoms with Gasteiger partial charge in [-0.2, -0.15) is 0 Å². The molecule has 2 rings (SSSR count). The molecule has 0 spiro atoms. The first-order valence-corrected chi connectivity index (χ1v) is 5.10. The van der Waals surface area contributed by atoms with Crippen LogP contribution >= 0.6 is 0 Å². The van der Waals surface area contributed by atoms with Crippen molar-refractivity contribution in [3.05, 3.63) is 35.6 Å². The summed E-state index contributed by atoms with van der Waals surface area (Å²) in [6, 6.07) is 0.147. The predicted octanol–water partition coefficient (Wildman–Crippen LogP) is -0.734. The van der Waals surface area contributed by atoms with Crippen LogP contribution in [0.25, 0.3) is 0 Å². The second-order valence-electron chi connectivity index (χ2n) is 3.85. The summed E-state index contributed by atoms with van der Waals surface area (Å²) in [6.45, 7) is 0.234. The Morgan fingerprint density at radius 1 is 1.53 bits per heavy atom. The Hall–Kier alpha value is -1.10. The molecule has 0 aromatic carbocycles. The van der Waals surface area contributed by atoms with E-state index in [4.69, 9.17) is 10.8 Å². The first-order valence-electron chi connectivity index (χ1n) is 5.10. The Labute approximate surface area is 88.8 Å². The van der Waals surface area contributed by atoms with Gasteiger partial charge in [-0.15, -0.1) is 0 Å². The van der Waals surface area contributed by atoms with E-state index in [1.165, 1.54) is 0 Å². The van der Waals surface area contributed by atoms with E-state index in [1.807, 2.05) is 24.3 Å². The smallest absolute Gasteiger partial charge is 0.0882 e. The molecule has 3 unspecified atom stereocenters. The highest BCUT2D eigenvalue weighted by atomic mass is 16.3. The van der Waals surface area contributed by atoms with Crippen molar-refractivity contribution in [1.82, 2.24) is 5.32 Å². The first-order chi connectivity index (χ1) is 7.26. The molecule has 1 heterocycles. The van der Waals surface area contributed by atoms with Crippen LogP contribution in [-0.4, -0.2) is 35.5 Å². The van der Waals surface area contributed by atoms with Crippen LogP contribution in [0.15, 0.2) is 35.6 Å². The fraction of sp³-hybridized carbons (Fsp3) is 0.455. The minimum absolute atomic E-state index is 0.00679. The molecule has 15 heavy (non-hydrogen) atoms. The van der Waals surface area contributed by atoms with Crippen LogP contribution in [0.5, 0.6) is 0 Å². The van der Waals surface area contributed by atoms with Gasteiger partial charge in [0.15, 0.2) is 0 Å². The standard InChI is InChI=1S/C11H16N2O2/c12-5-11(15)8-2-1-3-10-9(8)4-7(6-14)13-10/h1-4,9-11,13-15H,5-6,12H2. The molecule has 0 aromatic heterocycles. The third kappa shape index (κ3) is 1.84. The summed E-state index contributed by atoms with van der Waals surface area (Å²) >= 11 is 0. The van der Waals surface area contributed by atoms with E-state index in [2.05, 4.69) is 5.32 Å². The topological polar surface area (TPSA) is 78.5 Å². The van der Waals surface area contributed by atoms with E-state index in [1.54, 1.807) is 0 Å². The van der Waals surface area contributed by atoms with E-state index >= 15 is 0 Å². The van der Waals surface area contributed by atoms with Gasteiger partial charge in [0.25, 0.3) is 0 Å². The van der Waals surface area contributed by atoms with Crippen LogP contribution in [0.2, 0.25) is 0 Å². The lowest BCUT2D eigenvalue weighted by atomic mass is 9.86. The normalized spacial score (nSPS) is 30.3. The number of allylic oxidation sites excluding steroid dienone is 2. The summed E-state index contributed by atoms with van der Waals surface area (Å²) in [4.78, 5) is 0. The van der Waals surface area contributed by atoms with Gasteiger partial charge in [-0.1, -0.05) is 24.3 Å². The third-order valence-electron chi connectivity index (χ3n) is 2.89. The highest BCUT2D eigenvalue weighted by Gasteiger charge is 2.31. The maximum atomic E-state index is 9.74. The van der Waals surface area contributed by atoms with Gasteiger partial charge in [0.05, 0.1) is 18.8 Å². The van der Waals surface area contributed by atoms with E-state index in [0.29, 0.717) is 0 Å². The maximum absolute atomic E-state index is 9.74. The molecule has 1 aliphatic carbocycles. The van der Waals surface area contributed by atoms with Gasteiger partial charge in [0.2, 0.25) is 0 Å². The SMILES string of the molecule is NCC(O)C1=CC=CC2NC(CO)=CC12. The van der Waals surface area contributed by atoms with Crippen LogP contribution in [0.3, 0.4) is 0 Å². The molecule has 5 N–H and O–H groups in total. The molecule has 0 aromatic rings. The van der Waals surface area contributed by atoms with Crippen molar-refractivity contribution in [1.29, 1.82) is 0 Å². The molecule has 0 radical (unpaired) electrons. The third-order valence-corrected chi connectivity index (χ3v) is 2.89. The highest BCUT2D eigenvalue weighted by Crippen LogP contribution is 2.30. The molecule has 0 bridgehead atoms. The minimum atomic E-state index is -0.599. The summed E-state index contributed by atoms with van der Waals surface area (Å²) in [6.07, 6.45) is 7.20. The summed E-state index contributed by atoms with van der Waals surface area (Å²) < 4.78 is 0. The van der Waals surface area contributed by atoms with Crippen molar-refractivity contribution >= 4 is 0 Å². The molecule has 0 saturated carbocycles. The van der Waals surface area contributed by atoms with Gasteiger partial charge in [-0.3, -0.25) is 0 Å². The van der Waals surface area contributed by atoms with Crippen LogP contribution in [0.1, 0.15) is 0 Å². The Morgan fingerprint density at radius 2 is 2.33 bits per heavy atom. The number of nitrogens with two attached hydrogens (primary N) is 1. The highest BCUT2D eigenvalue weighted by molar-refractivity contribution is 5.37. The van der Waals surface area contributed by atoms with Gasteiger partial charge >= 0.3 is 0 Å². The molecule has 1 aliphatic heterocycles. The van der Waals surface area contributed by atoms with Gasteiger partial charge in [0, 0.05) is 18.2 Å². The average Bonchev–Trinajstić information content (AvgIpc) is 2.70. The van der Waals surface area contributed by atoms with Crippen molar-refractivity contribution in [2.75, 3.05) is 13.2 Å². The Balaban J connectivity index is 2.21. The lowest BCUT2D eigenvalue weighted by Gasteiger charge is -2.25. The van der Waals surface area contributed by atoms with Gasteiger partial charge < -0.3 is 21.3 Å². The predicted molar refractivity (Wildman–Crippen MR) is 57.9 cm³/mol. The van der Waals surface area contributed by atoms with E-state index < -0.39 is 6.10 Å². The fourth-order valence-corrected chi connectivity index (χ4v) is 2.11. The maximum Gasteiger partial charge on any atom is 0.0882 e. The van der Waals surface area contributed by atoms with E-state index in [-0.39, 0.29) is 25.1 Å². The molecule has 82 valence electrons. The van der Waals surface area contributed by atoms with Gasteiger partial charge in [-0.05, 0) is 5.57 Å². The second kappa shape index (κ2) is 4.18. The molecule has 2 aliphatic rings. The van der Waals surface area contributed by atoms with E-state index in [0.717, 1.165) is 11.3 Å². The molecule has 0 saturated heterocycles. The number of hydrogen-bond acceptors (Lipinski definition) is 4. The number of nitrogens with one attached hydrogen (secondary N) is 1. The number of fused-ring (bicyclic) bond motifs is 1. The summed E-state index contributed by atoms with van der Waals surface area (Å²) in [5.41, 5.74) is 7.18. The Kier molecular flexibility index (Phi) is 2.90. The number of aliphatic hydroxyl groups excluding tert-OH is 2. The fourth-order valence-electron chi connectivity index (χ4n) is 2.11. The summed E-state index contributed by atoms with van der Waals surface area (Å²) in [5, 5.41) is 22.0. The Bertz CT molecular complexity index is 333. The lowest BCUT2D eigenvalue weighted by Crippen LogP contribution is -2.35. The molecule has 3 atom stereocenters. The number of aliphatic hydroxyl groups is 2.